The molecule has 2 rings (SSSR count). The van der Waals surface area contributed by atoms with Crippen LogP contribution in [0, 0.1) is 5.92 Å². The summed E-state index contributed by atoms with van der Waals surface area (Å²) in [4.78, 5) is 0. The second-order valence-corrected chi connectivity index (χ2v) is 6.72. The molecular weight excluding hydrogens is 294 g/mol. The molecule has 0 spiro atoms. The first-order chi connectivity index (χ1) is 8.34. The Kier molecular flexibility index (Phi) is 5.72. The maximum atomic E-state index is 3.46. The first-order valence-corrected chi connectivity index (χ1v) is 8.36. The molecule has 1 N–H and O–H groups in total. The fourth-order valence-electron chi connectivity index (χ4n) is 2.26. The predicted molar refractivity (Wildman–Crippen MR) is 81.9 cm³/mol. The highest BCUT2D eigenvalue weighted by atomic mass is 79.9. The molecule has 3 heteroatoms. The predicted octanol–water partition coefficient (Wildman–Crippen LogP) is 4.78. The maximum Gasteiger partial charge on any atom is 0.0341 e. The van der Waals surface area contributed by atoms with E-state index in [1.165, 1.54) is 42.9 Å². The second kappa shape index (κ2) is 7.32. The summed E-state index contributed by atoms with van der Waals surface area (Å²) in [6.07, 6.45) is 5.85. The van der Waals surface area contributed by atoms with E-state index in [0.717, 1.165) is 16.9 Å². The van der Waals surface area contributed by atoms with Crippen LogP contribution in [-0.4, -0.2) is 18.1 Å². The van der Waals surface area contributed by atoms with Crippen LogP contribution in [0.15, 0.2) is 28.7 Å². The highest BCUT2D eigenvalue weighted by Gasteiger charge is 2.14. The number of nitrogens with one attached hydrogen (secondary N) is 1. The average Bonchev–Trinajstić information content (AvgIpc) is 2.84. The van der Waals surface area contributed by atoms with E-state index in [1.807, 2.05) is 0 Å². The molecule has 0 unspecified atom stereocenters. The molecule has 0 aromatic heterocycles. The summed E-state index contributed by atoms with van der Waals surface area (Å²) in [6.45, 7) is 1.07. The molecule has 94 valence electrons. The molecule has 1 nitrogen and oxygen atoms in total. The molecule has 0 amide bonds. The van der Waals surface area contributed by atoms with Crippen molar-refractivity contribution >= 4 is 33.4 Å². The summed E-state index contributed by atoms with van der Waals surface area (Å²) >= 11 is 5.55. The molecule has 1 aromatic carbocycles. The molecule has 17 heavy (non-hydrogen) atoms. The Morgan fingerprint density at radius 2 is 1.88 bits per heavy atom. The monoisotopic (exact) mass is 313 g/mol. The van der Waals surface area contributed by atoms with E-state index in [0.29, 0.717) is 0 Å². The van der Waals surface area contributed by atoms with Gasteiger partial charge in [0.2, 0.25) is 0 Å². The zero-order valence-corrected chi connectivity index (χ0v) is 12.5. The number of benzene rings is 1. The molecule has 0 radical (unpaired) electrons. The van der Waals surface area contributed by atoms with Crippen LogP contribution in [0.1, 0.15) is 25.7 Å². The van der Waals surface area contributed by atoms with Gasteiger partial charge in [0.1, 0.15) is 0 Å². The molecule has 1 fully saturated rings. The lowest BCUT2D eigenvalue weighted by atomic mass is 10.1. The first kappa shape index (κ1) is 13.3. The van der Waals surface area contributed by atoms with Gasteiger partial charge in [0.05, 0.1) is 0 Å². The van der Waals surface area contributed by atoms with Crippen LogP contribution in [0.5, 0.6) is 0 Å². The van der Waals surface area contributed by atoms with Gasteiger partial charge in [-0.15, -0.1) is 0 Å². The number of rotatable bonds is 6. The number of anilines is 1. The lowest BCUT2D eigenvalue weighted by Crippen LogP contribution is -2.06. The van der Waals surface area contributed by atoms with Crippen LogP contribution >= 0.6 is 27.7 Å². The Hall–Kier alpha value is -0.150. The largest absolute Gasteiger partial charge is 0.384 e. The Morgan fingerprint density at radius 1 is 1.18 bits per heavy atom. The van der Waals surface area contributed by atoms with Crippen molar-refractivity contribution in [3.05, 3.63) is 28.7 Å². The quantitative estimate of drug-likeness (QED) is 0.758. The highest BCUT2D eigenvalue weighted by Crippen LogP contribution is 2.27. The van der Waals surface area contributed by atoms with E-state index in [1.54, 1.807) is 0 Å². The van der Waals surface area contributed by atoms with Gasteiger partial charge in [-0.05, 0) is 48.8 Å². The van der Waals surface area contributed by atoms with Gasteiger partial charge in [0, 0.05) is 22.5 Å². The topological polar surface area (TPSA) is 12.0 Å². The van der Waals surface area contributed by atoms with E-state index in [4.69, 9.17) is 0 Å². The van der Waals surface area contributed by atoms with Gasteiger partial charge in [0.15, 0.2) is 0 Å². The van der Waals surface area contributed by atoms with Gasteiger partial charge in [-0.3, -0.25) is 0 Å². The zero-order valence-electron chi connectivity index (χ0n) is 10.1. The lowest BCUT2D eigenvalue weighted by molar-refractivity contribution is 0.623. The van der Waals surface area contributed by atoms with Gasteiger partial charge < -0.3 is 5.32 Å². The van der Waals surface area contributed by atoms with Crippen molar-refractivity contribution in [2.45, 2.75) is 25.7 Å². The van der Waals surface area contributed by atoms with Gasteiger partial charge >= 0.3 is 0 Å². The van der Waals surface area contributed by atoms with Crippen molar-refractivity contribution in [2.75, 3.05) is 23.4 Å². The standard InChI is InChI=1S/C14H20BrNS/c15-13-5-7-14(8-6-13)16-9-10-17-11-12-3-1-2-4-12/h5-8,12,16H,1-4,9-11H2. The summed E-state index contributed by atoms with van der Waals surface area (Å²) in [5.74, 6) is 3.59. The Labute approximate surface area is 117 Å². The highest BCUT2D eigenvalue weighted by molar-refractivity contribution is 9.10. The van der Waals surface area contributed by atoms with E-state index in [9.17, 15) is 0 Å². The van der Waals surface area contributed by atoms with Crippen molar-refractivity contribution in [1.82, 2.24) is 0 Å². The minimum atomic E-state index is 1.01. The van der Waals surface area contributed by atoms with Crippen LogP contribution < -0.4 is 5.32 Å². The molecule has 0 saturated heterocycles. The number of hydrogen-bond acceptors (Lipinski definition) is 2. The zero-order chi connectivity index (χ0) is 11.9. The molecule has 0 aliphatic heterocycles. The molecule has 0 atom stereocenters. The first-order valence-electron chi connectivity index (χ1n) is 6.42. The van der Waals surface area contributed by atoms with Crippen molar-refractivity contribution in [3.63, 3.8) is 0 Å². The van der Waals surface area contributed by atoms with Crippen LogP contribution in [0.4, 0.5) is 5.69 Å². The molecule has 0 bridgehead atoms. The molecule has 1 aliphatic rings. The number of halogens is 1. The SMILES string of the molecule is Brc1ccc(NCCSCC2CCCC2)cc1. The van der Waals surface area contributed by atoms with Crippen molar-refractivity contribution in [2.24, 2.45) is 5.92 Å². The summed E-state index contributed by atoms with van der Waals surface area (Å²) in [5.41, 5.74) is 1.22. The van der Waals surface area contributed by atoms with Gasteiger partial charge in [-0.1, -0.05) is 28.8 Å². The third kappa shape index (κ3) is 4.92. The van der Waals surface area contributed by atoms with E-state index in [2.05, 4.69) is 57.3 Å². The fraction of sp³-hybridized carbons (Fsp3) is 0.571. The fourth-order valence-corrected chi connectivity index (χ4v) is 3.61. The summed E-state index contributed by atoms with van der Waals surface area (Å²) in [5, 5.41) is 3.46. The molecular formula is C14H20BrNS. The van der Waals surface area contributed by atoms with Crippen molar-refractivity contribution in [3.8, 4) is 0 Å². The smallest absolute Gasteiger partial charge is 0.0341 e. The second-order valence-electron chi connectivity index (χ2n) is 4.66. The summed E-state index contributed by atoms with van der Waals surface area (Å²) < 4.78 is 1.14. The lowest BCUT2D eigenvalue weighted by Gasteiger charge is -2.09. The van der Waals surface area contributed by atoms with Gasteiger partial charge in [-0.25, -0.2) is 0 Å². The van der Waals surface area contributed by atoms with Gasteiger partial charge in [-0.2, -0.15) is 11.8 Å². The number of hydrogen-bond donors (Lipinski definition) is 1. The van der Waals surface area contributed by atoms with Gasteiger partial charge in [0.25, 0.3) is 0 Å². The van der Waals surface area contributed by atoms with Crippen LogP contribution in [0.3, 0.4) is 0 Å². The van der Waals surface area contributed by atoms with Crippen molar-refractivity contribution in [1.29, 1.82) is 0 Å². The molecule has 1 aliphatic carbocycles. The molecule has 0 heterocycles. The van der Waals surface area contributed by atoms with Crippen LogP contribution in [0.2, 0.25) is 0 Å². The normalized spacial score (nSPS) is 16.3. The summed E-state index contributed by atoms with van der Waals surface area (Å²) in [7, 11) is 0. The Bertz CT molecular complexity index is 319. The Morgan fingerprint density at radius 3 is 2.59 bits per heavy atom. The Balaban J connectivity index is 1.55. The van der Waals surface area contributed by atoms with E-state index in [-0.39, 0.29) is 0 Å². The van der Waals surface area contributed by atoms with Crippen LogP contribution in [0.25, 0.3) is 0 Å². The molecule has 1 aromatic rings. The third-order valence-corrected chi connectivity index (χ3v) is 4.98. The van der Waals surface area contributed by atoms with E-state index >= 15 is 0 Å². The van der Waals surface area contributed by atoms with Crippen molar-refractivity contribution < 1.29 is 0 Å². The minimum Gasteiger partial charge on any atom is -0.384 e. The third-order valence-electron chi connectivity index (χ3n) is 3.25. The van der Waals surface area contributed by atoms with Crippen LogP contribution in [-0.2, 0) is 0 Å². The van der Waals surface area contributed by atoms with E-state index < -0.39 is 0 Å². The molecule has 1 saturated carbocycles. The summed E-state index contributed by atoms with van der Waals surface area (Å²) in [6, 6.07) is 8.39. The number of thioether (sulfide) groups is 1. The minimum absolute atomic E-state index is 1.01. The maximum absolute atomic E-state index is 3.46. The average molecular weight is 314 g/mol.